The molecule has 1 aromatic carbocycles. The van der Waals surface area contributed by atoms with Gasteiger partial charge in [0.2, 0.25) is 5.28 Å². The van der Waals surface area contributed by atoms with Crippen molar-refractivity contribution in [3.63, 3.8) is 0 Å². The number of aryl methyl sites for hydroxylation is 1. The van der Waals surface area contributed by atoms with Crippen LogP contribution in [0.2, 0.25) is 5.28 Å². The molecule has 0 spiro atoms. The second kappa shape index (κ2) is 5.23. The van der Waals surface area contributed by atoms with Crippen molar-refractivity contribution in [2.45, 2.75) is 6.92 Å². The number of aromatic nitrogens is 2. The molecule has 5 heteroatoms. The highest BCUT2D eigenvalue weighted by molar-refractivity contribution is 6.28. The van der Waals surface area contributed by atoms with Crippen LogP contribution in [0.1, 0.15) is 5.56 Å². The summed E-state index contributed by atoms with van der Waals surface area (Å²) >= 11 is 5.84. The van der Waals surface area contributed by atoms with Crippen LogP contribution in [0.4, 0.5) is 0 Å². The predicted octanol–water partition coefficient (Wildman–Crippen LogP) is 3.12. The van der Waals surface area contributed by atoms with Crippen LogP contribution in [0.25, 0.3) is 11.3 Å². The fourth-order valence-electron chi connectivity index (χ4n) is 1.77. The summed E-state index contributed by atoms with van der Waals surface area (Å²) < 4.78 is 10.7. The van der Waals surface area contributed by atoms with Gasteiger partial charge in [-0.05, 0) is 36.2 Å². The molecule has 18 heavy (non-hydrogen) atoms. The molecule has 4 nitrogen and oxygen atoms in total. The van der Waals surface area contributed by atoms with Crippen molar-refractivity contribution in [3.8, 4) is 22.8 Å². The molecule has 2 aromatic rings. The highest BCUT2D eigenvalue weighted by Crippen LogP contribution is 2.38. The third-order valence-electron chi connectivity index (χ3n) is 2.60. The Morgan fingerprint density at radius 2 is 1.94 bits per heavy atom. The van der Waals surface area contributed by atoms with Gasteiger partial charge in [0.15, 0.2) is 11.5 Å². The largest absolute Gasteiger partial charge is 0.493 e. The van der Waals surface area contributed by atoms with Crippen LogP contribution in [0.3, 0.4) is 0 Å². The van der Waals surface area contributed by atoms with Gasteiger partial charge < -0.3 is 9.47 Å². The first kappa shape index (κ1) is 12.6. The minimum atomic E-state index is 0.209. The molecule has 0 bridgehead atoms. The van der Waals surface area contributed by atoms with Crippen LogP contribution in [0, 0.1) is 6.92 Å². The molecule has 0 unspecified atom stereocenters. The maximum absolute atomic E-state index is 5.84. The van der Waals surface area contributed by atoms with Gasteiger partial charge >= 0.3 is 0 Å². The first-order valence-corrected chi connectivity index (χ1v) is 5.75. The average molecular weight is 265 g/mol. The highest BCUT2D eigenvalue weighted by Gasteiger charge is 2.14. The monoisotopic (exact) mass is 264 g/mol. The van der Waals surface area contributed by atoms with Crippen molar-refractivity contribution in [3.05, 3.63) is 35.2 Å². The zero-order valence-electron chi connectivity index (χ0n) is 10.4. The third kappa shape index (κ3) is 2.24. The lowest BCUT2D eigenvalue weighted by Crippen LogP contribution is -1.97. The molecule has 0 atom stereocenters. The van der Waals surface area contributed by atoms with E-state index in [0.29, 0.717) is 11.5 Å². The van der Waals surface area contributed by atoms with Gasteiger partial charge in [-0.15, -0.1) is 0 Å². The summed E-state index contributed by atoms with van der Waals surface area (Å²) in [4.78, 5) is 8.19. The molecule has 0 aliphatic carbocycles. The fraction of sp³-hybridized carbons (Fsp3) is 0.231. The molecular formula is C13H13ClN2O2. The molecule has 0 amide bonds. The number of methoxy groups -OCH3 is 2. The van der Waals surface area contributed by atoms with Crippen LogP contribution in [0.15, 0.2) is 24.4 Å². The molecular weight excluding hydrogens is 252 g/mol. The van der Waals surface area contributed by atoms with Crippen molar-refractivity contribution < 1.29 is 9.47 Å². The van der Waals surface area contributed by atoms with Crippen molar-refractivity contribution >= 4 is 11.6 Å². The van der Waals surface area contributed by atoms with E-state index in [9.17, 15) is 0 Å². The van der Waals surface area contributed by atoms with Crippen LogP contribution in [-0.2, 0) is 0 Å². The van der Waals surface area contributed by atoms with Gasteiger partial charge in [-0.1, -0.05) is 6.07 Å². The molecule has 1 heterocycles. The number of hydrogen-bond donors (Lipinski definition) is 0. The molecule has 0 aliphatic rings. The Morgan fingerprint density at radius 3 is 2.61 bits per heavy atom. The summed E-state index contributed by atoms with van der Waals surface area (Å²) in [6, 6.07) is 5.62. The van der Waals surface area contributed by atoms with E-state index < -0.39 is 0 Å². The minimum Gasteiger partial charge on any atom is -0.493 e. The molecule has 0 radical (unpaired) electrons. The summed E-state index contributed by atoms with van der Waals surface area (Å²) in [7, 11) is 3.20. The van der Waals surface area contributed by atoms with E-state index in [-0.39, 0.29) is 5.28 Å². The Labute approximate surface area is 111 Å². The number of rotatable bonds is 3. The topological polar surface area (TPSA) is 44.2 Å². The lowest BCUT2D eigenvalue weighted by atomic mass is 10.1. The van der Waals surface area contributed by atoms with E-state index >= 15 is 0 Å². The number of para-hydroxylation sites is 1. The lowest BCUT2D eigenvalue weighted by Gasteiger charge is -2.13. The van der Waals surface area contributed by atoms with Gasteiger partial charge in [-0.2, -0.15) is 0 Å². The normalized spacial score (nSPS) is 10.2. The molecule has 1 aromatic heterocycles. The fourth-order valence-corrected chi connectivity index (χ4v) is 1.90. The van der Waals surface area contributed by atoms with Gasteiger partial charge in [0.25, 0.3) is 0 Å². The standard InChI is InChI=1S/C13H13ClN2O2/c1-8-7-15-13(14)16-11(8)9-5-4-6-10(17-2)12(9)18-3/h4-7H,1-3H3. The van der Waals surface area contributed by atoms with E-state index in [2.05, 4.69) is 9.97 Å². The van der Waals surface area contributed by atoms with E-state index in [1.165, 1.54) is 0 Å². The Hall–Kier alpha value is -1.81. The summed E-state index contributed by atoms with van der Waals surface area (Å²) in [5.41, 5.74) is 2.50. The van der Waals surface area contributed by atoms with Gasteiger partial charge in [0.1, 0.15) is 0 Å². The Morgan fingerprint density at radius 1 is 1.17 bits per heavy atom. The van der Waals surface area contributed by atoms with Crippen molar-refractivity contribution in [1.29, 1.82) is 0 Å². The lowest BCUT2D eigenvalue weighted by molar-refractivity contribution is 0.356. The van der Waals surface area contributed by atoms with E-state index in [4.69, 9.17) is 21.1 Å². The average Bonchev–Trinajstić information content (AvgIpc) is 2.40. The Bertz CT molecular complexity index is 573. The maximum atomic E-state index is 5.84. The summed E-state index contributed by atoms with van der Waals surface area (Å²) in [6.07, 6.45) is 1.68. The molecule has 0 saturated heterocycles. The molecule has 0 saturated carbocycles. The van der Waals surface area contributed by atoms with Crippen LogP contribution >= 0.6 is 11.6 Å². The third-order valence-corrected chi connectivity index (χ3v) is 2.78. The molecule has 0 fully saturated rings. The minimum absolute atomic E-state index is 0.209. The van der Waals surface area contributed by atoms with Crippen molar-refractivity contribution in [2.75, 3.05) is 14.2 Å². The van der Waals surface area contributed by atoms with Gasteiger partial charge in [0.05, 0.1) is 19.9 Å². The zero-order valence-corrected chi connectivity index (χ0v) is 11.2. The predicted molar refractivity (Wildman–Crippen MR) is 70.3 cm³/mol. The molecule has 94 valence electrons. The maximum Gasteiger partial charge on any atom is 0.222 e. The Kier molecular flexibility index (Phi) is 3.67. The van der Waals surface area contributed by atoms with Crippen molar-refractivity contribution in [1.82, 2.24) is 9.97 Å². The van der Waals surface area contributed by atoms with Crippen molar-refractivity contribution in [2.24, 2.45) is 0 Å². The molecule has 0 aliphatic heterocycles. The van der Waals surface area contributed by atoms with Crippen LogP contribution < -0.4 is 9.47 Å². The number of halogens is 1. The van der Waals surface area contributed by atoms with Gasteiger partial charge in [-0.25, -0.2) is 9.97 Å². The SMILES string of the molecule is COc1cccc(-c2nc(Cl)ncc2C)c1OC. The summed E-state index contributed by atoms with van der Waals surface area (Å²) in [6.45, 7) is 1.92. The molecule has 0 N–H and O–H groups in total. The number of hydrogen-bond acceptors (Lipinski definition) is 4. The first-order chi connectivity index (χ1) is 8.67. The number of nitrogens with zero attached hydrogens (tertiary/aromatic N) is 2. The van der Waals surface area contributed by atoms with E-state index in [1.807, 2.05) is 25.1 Å². The quantitative estimate of drug-likeness (QED) is 0.799. The van der Waals surface area contributed by atoms with E-state index in [0.717, 1.165) is 16.8 Å². The van der Waals surface area contributed by atoms with Crippen LogP contribution in [-0.4, -0.2) is 24.2 Å². The second-order valence-electron chi connectivity index (χ2n) is 3.71. The van der Waals surface area contributed by atoms with E-state index in [1.54, 1.807) is 20.4 Å². The number of ether oxygens (including phenoxy) is 2. The molecule has 2 rings (SSSR count). The highest BCUT2D eigenvalue weighted by atomic mass is 35.5. The summed E-state index contributed by atoms with van der Waals surface area (Å²) in [5, 5.41) is 0.209. The summed E-state index contributed by atoms with van der Waals surface area (Å²) in [5.74, 6) is 1.29. The second-order valence-corrected chi connectivity index (χ2v) is 4.05. The van der Waals surface area contributed by atoms with Crippen LogP contribution in [0.5, 0.6) is 11.5 Å². The van der Waals surface area contributed by atoms with Gasteiger partial charge in [0, 0.05) is 11.8 Å². The van der Waals surface area contributed by atoms with Gasteiger partial charge in [-0.3, -0.25) is 0 Å². The number of benzene rings is 1. The first-order valence-electron chi connectivity index (χ1n) is 5.38. The smallest absolute Gasteiger partial charge is 0.222 e. The zero-order chi connectivity index (χ0) is 13.1. The Balaban J connectivity index is 2.66.